The van der Waals surface area contributed by atoms with Crippen molar-refractivity contribution in [3.8, 4) is 10.6 Å². The van der Waals surface area contributed by atoms with E-state index in [1.54, 1.807) is 17.4 Å². The largest absolute Gasteiger partial charge is 0.457 e. The molecular formula is C14H12FN3O2S. The van der Waals surface area contributed by atoms with Crippen molar-refractivity contribution in [2.24, 2.45) is 0 Å². The van der Waals surface area contributed by atoms with Crippen LogP contribution in [0.1, 0.15) is 11.9 Å². The SMILES string of the molecule is OC(CNc1ncc(F)cn1)c1ccc(-c2cccs2)o1. The molecule has 1 unspecified atom stereocenters. The Morgan fingerprint density at radius 1 is 1.29 bits per heavy atom. The summed E-state index contributed by atoms with van der Waals surface area (Å²) >= 11 is 1.57. The van der Waals surface area contributed by atoms with Gasteiger partial charge in [0.1, 0.15) is 17.6 Å². The molecule has 0 radical (unpaired) electrons. The van der Waals surface area contributed by atoms with E-state index in [0.29, 0.717) is 5.76 Å². The van der Waals surface area contributed by atoms with E-state index in [-0.39, 0.29) is 12.5 Å². The fraction of sp³-hybridized carbons (Fsp3) is 0.143. The molecule has 3 rings (SSSR count). The molecule has 0 aliphatic rings. The van der Waals surface area contributed by atoms with E-state index in [0.717, 1.165) is 23.0 Å². The van der Waals surface area contributed by atoms with Gasteiger partial charge in [-0.05, 0) is 23.6 Å². The average molecular weight is 305 g/mol. The Hall–Kier alpha value is -2.25. The summed E-state index contributed by atoms with van der Waals surface area (Å²) in [4.78, 5) is 8.51. The maximum Gasteiger partial charge on any atom is 0.222 e. The molecule has 3 heterocycles. The van der Waals surface area contributed by atoms with Crippen LogP contribution in [0.4, 0.5) is 10.3 Å². The molecule has 0 spiro atoms. The number of furan rings is 1. The van der Waals surface area contributed by atoms with E-state index in [9.17, 15) is 9.50 Å². The second kappa shape index (κ2) is 6.02. The predicted molar refractivity (Wildman–Crippen MR) is 77.5 cm³/mol. The number of anilines is 1. The number of aromatic nitrogens is 2. The van der Waals surface area contributed by atoms with E-state index in [1.807, 2.05) is 23.6 Å². The van der Waals surface area contributed by atoms with Crippen molar-refractivity contribution in [1.82, 2.24) is 9.97 Å². The Morgan fingerprint density at radius 3 is 2.81 bits per heavy atom. The molecule has 1 atom stereocenters. The lowest BCUT2D eigenvalue weighted by Gasteiger charge is -2.09. The van der Waals surface area contributed by atoms with Gasteiger partial charge in [-0.25, -0.2) is 14.4 Å². The van der Waals surface area contributed by atoms with Crippen molar-refractivity contribution in [3.63, 3.8) is 0 Å². The maximum absolute atomic E-state index is 12.7. The van der Waals surface area contributed by atoms with Crippen LogP contribution in [0.3, 0.4) is 0 Å². The van der Waals surface area contributed by atoms with Crippen molar-refractivity contribution in [2.75, 3.05) is 11.9 Å². The molecule has 0 fully saturated rings. The van der Waals surface area contributed by atoms with Crippen LogP contribution in [0.25, 0.3) is 10.6 Å². The van der Waals surface area contributed by atoms with Crippen LogP contribution in [0.15, 0.2) is 46.5 Å². The number of aliphatic hydroxyl groups excluding tert-OH is 1. The van der Waals surface area contributed by atoms with Crippen molar-refractivity contribution in [1.29, 1.82) is 0 Å². The topological polar surface area (TPSA) is 71.2 Å². The number of thiophene rings is 1. The fourth-order valence-electron chi connectivity index (χ4n) is 1.78. The molecule has 0 amide bonds. The van der Waals surface area contributed by atoms with Crippen molar-refractivity contribution < 1.29 is 13.9 Å². The first-order valence-corrected chi connectivity index (χ1v) is 7.13. The highest BCUT2D eigenvalue weighted by molar-refractivity contribution is 7.13. The van der Waals surface area contributed by atoms with Crippen LogP contribution in [0, 0.1) is 5.82 Å². The lowest BCUT2D eigenvalue weighted by molar-refractivity contribution is 0.163. The third-order valence-corrected chi connectivity index (χ3v) is 3.68. The summed E-state index contributed by atoms with van der Waals surface area (Å²) in [7, 11) is 0. The highest BCUT2D eigenvalue weighted by Gasteiger charge is 2.14. The summed E-state index contributed by atoms with van der Waals surface area (Å²) in [5.41, 5.74) is 0. The standard InChI is InChI=1S/C14H12FN3O2S/c15-9-6-16-14(17-7-9)18-8-10(19)11-3-4-12(20-11)13-2-1-5-21-13/h1-7,10,19H,8H2,(H,16,17,18). The van der Waals surface area contributed by atoms with Gasteiger partial charge in [0.15, 0.2) is 5.82 Å². The van der Waals surface area contributed by atoms with E-state index in [2.05, 4.69) is 15.3 Å². The first kappa shape index (κ1) is 13.7. The lowest BCUT2D eigenvalue weighted by Crippen LogP contribution is -2.13. The lowest BCUT2D eigenvalue weighted by atomic mass is 10.3. The number of nitrogens with one attached hydrogen (secondary N) is 1. The van der Waals surface area contributed by atoms with Gasteiger partial charge >= 0.3 is 0 Å². The molecule has 0 bridgehead atoms. The summed E-state index contributed by atoms with van der Waals surface area (Å²) in [5, 5.41) is 14.8. The Morgan fingerprint density at radius 2 is 2.10 bits per heavy atom. The van der Waals surface area contributed by atoms with Gasteiger partial charge in [-0.15, -0.1) is 11.3 Å². The van der Waals surface area contributed by atoms with Crippen LogP contribution in [-0.4, -0.2) is 21.6 Å². The molecular weight excluding hydrogens is 293 g/mol. The van der Waals surface area contributed by atoms with Gasteiger partial charge in [-0.3, -0.25) is 0 Å². The average Bonchev–Trinajstić information content (AvgIpc) is 3.17. The van der Waals surface area contributed by atoms with Crippen molar-refractivity contribution >= 4 is 17.3 Å². The quantitative estimate of drug-likeness (QED) is 0.758. The third-order valence-electron chi connectivity index (χ3n) is 2.79. The van der Waals surface area contributed by atoms with E-state index >= 15 is 0 Å². The van der Waals surface area contributed by atoms with Gasteiger partial charge in [-0.2, -0.15) is 0 Å². The Labute approximate surface area is 124 Å². The summed E-state index contributed by atoms with van der Waals surface area (Å²) in [6.07, 6.45) is 1.28. The van der Waals surface area contributed by atoms with E-state index in [1.165, 1.54) is 0 Å². The van der Waals surface area contributed by atoms with Gasteiger partial charge in [0.05, 0.1) is 23.8 Å². The van der Waals surface area contributed by atoms with E-state index in [4.69, 9.17) is 4.42 Å². The van der Waals surface area contributed by atoms with E-state index < -0.39 is 11.9 Å². The zero-order valence-electron chi connectivity index (χ0n) is 10.9. The normalized spacial score (nSPS) is 12.3. The van der Waals surface area contributed by atoms with Gasteiger partial charge in [0.2, 0.25) is 5.95 Å². The summed E-state index contributed by atoms with van der Waals surface area (Å²) in [6.45, 7) is 0.170. The molecule has 21 heavy (non-hydrogen) atoms. The first-order valence-electron chi connectivity index (χ1n) is 6.25. The molecule has 5 nitrogen and oxygen atoms in total. The minimum atomic E-state index is -0.840. The highest BCUT2D eigenvalue weighted by Crippen LogP contribution is 2.28. The summed E-state index contributed by atoms with van der Waals surface area (Å²) in [5.74, 6) is 0.915. The molecule has 3 aromatic heterocycles. The molecule has 2 N–H and O–H groups in total. The van der Waals surface area contributed by atoms with Gasteiger partial charge in [0.25, 0.3) is 0 Å². The molecule has 3 aromatic rings. The molecule has 0 saturated carbocycles. The predicted octanol–water partition coefficient (Wildman–Crippen LogP) is 3.08. The minimum Gasteiger partial charge on any atom is -0.457 e. The Balaban J connectivity index is 1.63. The van der Waals surface area contributed by atoms with Crippen molar-refractivity contribution in [3.05, 3.63) is 53.6 Å². The number of halogens is 1. The van der Waals surface area contributed by atoms with Crippen LogP contribution >= 0.6 is 11.3 Å². The van der Waals surface area contributed by atoms with Crippen LogP contribution in [-0.2, 0) is 0 Å². The molecule has 0 aliphatic heterocycles. The van der Waals surface area contributed by atoms with Gasteiger partial charge in [-0.1, -0.05) is 6.07 Å². The number of aliphatic hydroxyl groups is 1. The number of rotatable bonds is 5. The van der Waals surface area contributed by atoms with Gasteiger partial charge in [0, 0.05) is 0 Å². The first-order chi connectivity index (χ1) is 10.2. The maximum atomic E-state index is 12.7. The Bertz CT molecular complexity index is 697. The fourth-order valence-corrected chi connectivity index (χ4v) is 2.46. The molecule has 0 saturated heterocycles. The molecule has 0 aliphatic carbocycles. The van der Waals surface area contributed by atoms with Crippen molar-refractivity contribution in [2.45, 2.75) is 6.10 Å². The second-order valence-electron chi connectivity index (χ2n) is 4.30. The summed E-state index contributed by atoms with van der Waals surface area (Å²) < 4.78 is 18.3. The van der Waals surface area contributed by atoms with Crippen LogP contribution in [0.2, 0.25) is 0 Å². The van der Waals surface area contributed by atoms with Gasteiger partial charge < -0.3 is 14.8 Å². The summed E-state index contributed by atoms with van der Waals surface area (Å²) in [6, 6.07) is 7.43. The van der Waals surface area contributed by atoms with Crippen LogP contribution in [0.5, 0.6) is 0 Å². The smallest absolute Gasteiger partial charge is 0.222 e. The third kappa shape index (κ3) is 3.26. The zero-order chi connectivity index (χ0) is 14.7. The number of hydrogen-bond donors (Lipinski definition) is 2. The minimum absolute atomic E-state index is 0.170. The zero-order valence-corrected chi connectivity index (χ0v) is 11.7. The molecule has 0 aromatic carbocycles. The van der Waals surface area contributed by atoms with Crippen LogP contribution < -0.4 is 5.32 Å². The molecule has 108 valence electrons. The monoisotopic (exact) mass is 305 g/mol. The highest BCUT2D eigenvalue weighted by atomic mass is 32.1. The molecule has 7 heteroatoms. The number of hydrogen-bond acceptors (Lipinski definition) is 6. The number of nitrogens with zero attached hydrogens (tertiary/aromatic N) is 2. The second-order valence-corrected chi connectivity index (χ2v) is 5.25. The Kier molecular flexibility index (Phi) is 3.94.